The van der Waals surface area contributed by atoms with Crippen molar-refractivity contribution in [3.8, 4) is 0 Å². The summed E-state index contributed by atoms with van der Waals surface area (Å²) >= 11 is 0. The number of benzene rings is 1. The van der Waals surface area contributed by atoms with Crippen molar-refractivity contribution in [3.05, 3.63) is 66.0 Å². The Bertz CT molecular complexity index is 523. The van der Waals surface area contributed by atoms with E-state index in [2.05, 4.69) is 15.5 Å². The van der Waals surface area contributed by atoms with E-state index in [0.29, 0.717) is 12.0 Å². The molecule has 1 amide bonds. The van der Waals surface area contributed by atoms with Crippen LogP contribution in [0.1, 0.15) is 16.1 Å². The molecule has 0 spiro atoms. The molecule has 18 heavy (non-hydrogen) atoms. The molecule has 0 saturated heterocycles. The molecule has 0 aliphatic carbocycles. The first-order valence-electron chi connectivity index (χ1n) is 5.63. The van der Waals surface area contributed by atoms with E-state index in [1.54, 1.807) is 24.5 Å². The number of nitrogens with one attached hydrogen (secondary N) is 1. The number of hydrazone groups is 1. The van der Waals surface area contributed by atoms with Gasteiger partial charge in [0.2, 0.25) is 0 Å². The van der Waals surface area contributed by atoms with E-state index < -0.39 is 0 Å². The number of carbonyl (C=O) groups is 1. The van der Waals surface area contributed by atoms with E-state index in [-0.39, 0.29) is 5.91 Å². The average Bonchev–Trinajstić information content (AvgIpc) is 2.45. The predicted molar refractivity (Wildman–Crippen MR) is 70.3 cm³/mol. The summed E-state index contributed by atoms with van der Waals surface area (Å²) in [6.45, 7) is 0. The van der Waals surface area contributed by atoms with E-state index in [9.17, 15) is 4.79 Å². The molecule has 0 atom stereocenters. The first kappa shape index (κ1) is 12.0. The van der Waals surface area contributed by atoms with Crippen LogP contribution in [0.4, 0.5) is 0 Å². The predicted octanol–water partition coefficient (Wildman–Crippen LogP) is 2.04. The van der Waals surface area contributed by atoms with Gasteiger partial charge in [-0.3, -0.25) is 9.78 Å². The van der Waals surface area contributed by atoms with E-state index >= 15 is 0 Å². The summed E-state index contributed by atoms with van der Waals surface area (Å²) in [5, 5.41) is 3.88. The van der Waals surface area contributed by atoms with Gasteiger partial charge in [-0.25, -0.2) is 5.43 Å². The van der Waals surface area contributed by atoms with Gasteiger partial charge in [-0.1, -0.05) is 24.3 Å². The smallest absolute Gasteiger partial charge is 0.267 e. The Hall–Kier alpha value is -2.49. The number of nitrogens with zero attached hydrogens (tertiary/aromatic N) is 2. The van der Waals surface area contributed by atoms with Gasteiger partial charge in [0.15, 0.2) is 0 Å². The lowest BCUT2D eigenvalue weighted by Crippen LogP contribution is -2.17. The molecule has 0 unspecified atom stereocenters. The third kappa shape index (κ3) is 3.52. The summed E-state index contributed by atoms with van der Waals surface area (Å²) < 4.78 is 0. The maximum absolute atomic E-state index is 11.6. The molecular weight excluding hydrogens is 226 g/mol. The lowest BCUT2D eigenvalue weighted by molar-refractivity contribution is 0.0955. The second-order valence-electron chi connectivity index (χ2n) is 3.64. The Morgan fingerprint density at radius 3 is 2.67 bits per heavy atom. The van der Waals surface area contributed by atoms with E-state index in [1.165, 1.54) is 0 Å². The number of hydrogen-bond acceptors (Lipinski definition) is 3. The average molecular weight is 239 g/mol. The molecule has 1 heterocycles. The highest BCUT2D eigenvalue weighted by Gasteiger charge is 2.01. The fourth-order valence-corrected chi connectivity index (χ4v) is 1.42. The normalized spacial score (nSPS) is 10.4. The van der Waals surface area contributed by atoms with Gasteiger partial charge in [0.05, 0.1) is 0 Å². The second kappa shape index (κ2) is 6.30. The van der Waals surface area contributed by atoms with E-state index in [1.807, 2.05) is 36.4 Å². The number of rotatable bonds is 4. The monoisotopic (exact) mass is 239 g/mol. The van der Waals surface area contributed by atoms with Crippen molar-refractivity contribution in [2.24, 2.45) is 5.10 Å². The summed E-state index contributed by atoms with van der Waals surface area (Å²) in [6.07, 6.45) is 3.95. The van der Waals surface area contributed by atoms with Gasteiger partial charge >= 0.3 is 0 Å². The van der Waals surface area contributed by atoms with Gasteiger partial charge in [0.25, 0.3) is 5.91 Å². The maximum Gasteiger partial charge on any atom is 0.271 e. The van der Waals surface area contributed by atoms with Gasteiger partial charge in [0.1, 0.15) is 0 Å². The zero-order valence-corrected chi connectivity index (χ0v) is 9.78. The Kier molecular flexibility index (Phi) is 4.19. The zero-order chi connectivity index (χ0) is 12.6. The summed E-state index contributed by atoms with van der Waals surface area (Å²) in [5.41, 5.74) is 3.97. The third-order valence-corrected chi connectivity index (χ3v) is 2.32. The third-order valence-electron chi connectivity index (χ3n) is 2.32. The minimum atomic E-state index is -0.215. The summed E-state index contributed by atoms with van der Waals surface area (Å²) in [7, 11) is 0. The number of hydrogen-bond donors (Lipinski definition) is 1. The molecule has 0 radical (unpaired) electrons. The molecule has 0 fully saturated rings. The summed E-state index contributed by atoms with van der Waals surface area (Å²) in [4.78, 5) is 15.8. The van der Waals surface area contributed by atoms with Crippen LogP contribution in [-0.2, 0) is 6.42 Å². The maximum atomic E-state index is 11.6. The van der Waals surface area contributed by atoms with Crippen molar-refractivity contribution in [2.45, 2.75) is 6.42 Å². The Balaban J connectivity index is 1.83. The molecule has 4 heteroatoms. The first-order valence-corrected chi connectivity index (χ1v) is 5.63. The molecular formula is C14H13N3O. The number of aromatic nitrogens is 1. The van der Waals surface area contributed by atoms with Gasteiger partial charge in [-0.2, -0.15) is 5.10 Å². The molecule has 2 aromatic rings. The van der Waals surface area contributed by atoms with Gasteiger partial charge < -0.3 is 0 Å². The van der Waals surface area contributed by atoms with E-state index in [4.69, 9.17) is 0 Å². The van der Waals surface area contributed by atoms with Gasteiger partial charge in [-0.15, -0.1) is 0 Å². The summed E-state index contributed by atoms with van der Waals surface area (Å²) in [6, 6.07) is 14.6. The zero-order valence-electron chi connectivity index (χ0n) is 9.78. The van der Waals surface area contributed by atoms with E-state index in [0.717, 1.165) is 5.69 Å². The van der Waals surface area contributed by atoms with Gasteiger partial charge in [0, 0.05) is 30.1 Å². The molecule has 4 nitrogen and oxygen atoms in total. The quantitative estimate of drug-likeness (QED) is 0.655. The molecule has 0 aliphatic rings. The van der Waals surface area contributed by atoms with Crippen LogP contribution in [0, 0.1) is 0 Å². The van der Waals surface area contributed by atoms with Crippen LogP contribution in [0.2, 0.25) is 0 Å². The van der Waals surface area contributed by atoms with Gasteiger partial charge in [-0.05, 0) is 24.3 Å². The molecule has 1 N–H and O–H groups in total. The molecule has 1 aromatic carbocycles. The highest BCUT2D eigenvalue weighted by Crippen LogP contribution is 1.97. The molecule has 2 rings (SSSR count). The fourth-order valence-electron chi connectivity index (χ4n) is 1.42. The van der Waals surface area contributed by atoms with Crippen molar-refractivity contribution in [1.29, 1.82) is 0 Å². The topological polar surface area (TPSA) is 54.4 Å². The Labute approximate surface area is 105 Å². The SMILES string of the molecule is O=C(N/N=C/Cc1ccccn1)c1ccccc1. The lowest BCUT2D eigenvalue weighted by Gasteiger charge is -1.98. The van der Waals surface area contributed by atoms with Crippen LogP contribution >= 0.6 is 0 Å². The van der Waals surface area contributed by atoms with Crippen LogP contribution in [0.15, 0.2) is 59.8 Å². The lowest BCUT2D eigenvalue weighted by atomic mass is 10.2. The molecule has 0 aliphatic heterocycles. The highest BCUT2D eigenvalue weighted by atomic mass is 16.2. The Morgan fingerprint density at radius 2 is 1.94 bits per heavy atom. The molecule has 90 valence electrons. The largest absolute Gasteiger partial charge is 0.271 e. The number of pyridine rings is 1. The Morgan fingerprint density at radius 1 is 1.17 bits per heavy atom. The first-order chi connectivity index (χ1) is 8.86. The van der Waals surface area contributed by atoms with Crippen LogP contribution in [0.5, 0.6) is 0 Å². The van der Waals surface area contributed by atoms with Crippen molar-refractivity contribution < 1.29 is 4.79 Å². The van der Waals surface area contributed by atoms with Crippen molar-refractivity contribution in [3.63, 3.8) is 0 Å². The number of amides is 1. The van der Waals surface area contributed by atoms with Crippen molar-refractivity contribution in [1.82, 2.24) is 10.4 Å². The molecule has 0 bridgehead atoms. The minimum Gasteiger partial charge on any atom is -0.267 e. The van der Waals surface area contributed by atoms with Crippen LogP contribution in [-0.4, -0.2) is 17.1 Å². The fraction of sp³-hybridized carbons (Fsp3) is 0.0714. The van der Waals surface area contributed by atoms with Crippen molar-refractivity contribution >= 4 is 12.1 Å². The van der Waals surface area contributed by atoms with Crippen LogP contribution in [0.3, 0.4) is 0 Å². The standard InChI is InChI=1S/C14H13N3O/c18-14(12-6-2-1-3-7-12)17-16-11-9-13-8-4-5-10-15-13/h1-8,10-11H,9H2,(H,17,18)/b16-11+. The van der Waals surface area contributed by atoms with Crippen LogP contribution in [0.25, 0.3) is 0 Å². The molecule has 1 aromatic heterocycles. The molecule has 0 saturated carbocycles. The summed E-state index contributed by atoms with van der Waals surface area (Å²) in [5.74, 6) is -0.215. The van der Waals surface area contributed by atoms with Crippen LogP contribution < -0.4 is 5.43 Å². The second-order valence-corrected chi connectivity index (χ2v) is 3.64. The minimum absolute atomic E-state index is 0.215. The number of carbonyl (C=O) groups excluding carboxylic acids is 1. The highest BCUT2D eigenvalue weighted by molar-refractivity contribution is 5.94. The van der Waals surface area contributed by atoms with Crippen molar-refractivity contribution in [2.75, 3.05) is 0 Å².